The molecular formula is C17H21FN2O4. The van der Waals surface area contributed by atoms with E-state index in [-0.39, 0.29) is 23.7 Å². The lowest BCUT2D eigenvalue weighted by Crippen LogP contribution is -2.39. The highest BCUT2D eigenvalue weighted by Gasteiger charge is 2.18. The molecule has 0 bridgehead atoms. The minimum absolute atomic E-state index is 0.0344. The second kappa shape index (κ2) is 8.42. The Balaban J connectivity index is 1.94. The smallest absolute Gasteiger partial charge is 0.307 e. The number of halogens is 1. The maximum Gasteiger partial charge on any atom is 0.307 e. The zero-order valence-electron chi connectivity index (χ0n) is 13.4. The van der Waals surface area contributed by atoms with Gasteiger partial charge in [-0.05, 0) is 30.5 Å². The lowest BCUT2D eigenvalue weighted by atomic mass is 10.1. The molecule has 0 saturated carbocycles. The van der Waals surface area contributed by atoms with Crippen LogP contribution in [0.15, 0.2) is 18.2 Å². The number of anilines is 1. The Kier molecular flexibility index (Phi) is 6.28. The van der Waals surface area contributed by atoms with Gasteiger partial charge in [0.1, 0.15) is 5.82 Å². The summed E-state index contributed by atoms with van der Waals surface area (Å²) in [6.07, 6.45) is 3.83. The molecule has 0 aromatic heterocycles. The van der Waals surface area contributed by atoms with Gasteiger partial charge >= 0.3 is 5.97 Å². The van der Waals surface area contributed by atoms with Crippen LogP contribution in [0.3, 0.4) is 0 Å². The number of rotatable bonds is 5. The average Bonchev–Trinajstić information content (AvgIpc) is 2.49. The van der Waals surface area contributed by atoms with Crippen molar-refractivity contribution in [3.63, 3.8) is 0 Å². The van der Waals surface area contributed by atoms with Crippen molar-refractivity contribution in [2.24, 2.45) is 0 Å². The van der Waals surface area contributed by atoms with E-state index in [4.69, 9.17) is 5.11 Å². The predicted octanol–water partition coefficient (Wildman–Crippen LogP) is 2.18. The predicted molar refractivity (Wildman–Crippen MR) is 86.0 cm³/mol. The lowest BCUT2D eigenvalue weighted by Gasteiger charge is -2.24. The van der Waals surface area contributed by atoms with Crippen molar-refractivity contribution in [3.8, 4) is 0 Å². The average molecular weight is 336 g/mol. The number of carbonyl (C=O) groups excluding carboxylic acids is 2. The van der Waals surface area contributed by atoms with Crippen LogP contribution in [0, 0.1) is 5.82 Å². The molecule has 1 aliphatic rings. The molecule has 1 aromatic rings. The number of carboxylic acid groups (broad SMARTS) is 1. The molecule has 2 N–H and O–H groups in total. The van der Waals surface area contributed by atoms with Gasteiger partial charge < -0.3 is 15.3 Å². The normalized spacial score (nSPS) is 15.5. The fraction of sp³-hybridized carbons (Fsp3) is 0.471. The number of nitrogens with zero attached hydrogens (tertiary/aromatic N) is 1. The van der Waals surface area contributed by atoms with Gasteiger partial charge in [-0.3, -0.25) is 14.4 Å². The van der Waals surface area contributed by atoms with Gasteiger partial charge in [-0.1, -0.05) is 18.9 Å². The number of likely N-dealkylation sites (tertiary alicyclic amines) is 1. The number of hydrogen-bond acceptors (Lipinski definition) is 3. The van der Waals surface area contributed by atoms with Crippen LogP contribution in [0.2, 0.25) is 0 Å². The molecule has 2 rings (SSSR count). The molecule has 0 atom stereocenters. The molecule has 1 fully saturated rings. The molecule has 0 spiro atoms. The van der Waals surface area contributed by atoms with Crippen LogP contribution in [-0.2, 0) is 20.8 Å². The van der Waals surface area contributed by atoms with Gasteiger partial charge in [0, 0.05) is 18.7 Å². The van der Waals surface area contributed by atoms with Crippen LogP contribution < -0.4 is 5.32 Å². The second-order valence-corrected chi connectivity index (χ2v) is 5.90. The third kappa shape index (κ3) is 5.33. The Morgan fingerprint density at radius 3 is 2.67 bits per heavy atom. The van der Waals surface area contributed by atoms with Gasteiger partial charge in [0.2, 0.25) is 11.8 Å². The van der Waals surface area contributed by atoms with E-state index in [1.54, 1.807) is 0 Å². The summed E-state index contributed by atoms with van der Waals surface area (Å²) in [5, 5.41) is 11.2. The van der Waals surface area contributed by atoms with E-state index < -0.39 is 24.1 Å². The number of hydrogen-bond donors (Lipinski definition) is 2. The number of aliphatic carboxylic acids is 1. The summed E-state index contributed by atoms with van der Waals surface area (Å²) >= 11 is 0. The summed E-state index contributed by atoms with van der Waals surface area (Å²) in [6, 6.07) is 3.88. The second-order valence-electron chi connectivity index (χ2n) is 5.90. The molecular weight excluding hydrogens is 315 g/mol. The highest BCUT2D eigenvalue weighted by atomic mass is 19.1. The van der Waals surface area contributed by atoms with E-state index >= 15 is 0 Å². The minimum atomic E-state index is -1.12. The SMILES string of the molecule is O=C(O)Cc1ccc(NC(=O)CN2CCCCCCC2=O)cc1F. The van der Waals surface area contributed by atoms with E-state index in [1.807, 2.05) is 0 Å². The molecule has 2 amide bonds. The third-order valence-corrected chi connectivity index (χ3v) is 3.93. The van der Waals surface area contributed by atoms with Gasteiger partial charge in [0.25, 0.3) is 0 Å². The maximum atomic E-state index is 13.8. The van der Waals surface area contributed by atoms with Crippen molar-refractivity contribution in [3.05, 3.63) is 29.6 Å². The van der Waals surface area contributed by atoms with Crippen molar-refractivity contribution < 1.29 is 23.9 Å². The topological polar surface area (TPSA) is 86.7 Å². The first-order chi connectivity index (χ1) is 11.5. The van der Waals surface area contributed by atoms with Gasteiger partial charge in [-0.15, -0.1) is 0 Å². The fourth-order valence-electron chi connectivity index (χ4n) is 2.69. The molecule has 0 unspecified atom stereocenters. The van der Waals surface area contributed by atoms with Crippen LogP contribution in [0.4, 0.5) is 10.1 Å². The lowest BCUT2D eigenvalue weighted by molar-refractivity contribution is -0.136. The third-order valence-electron chi connectivity index (χ3n) is 3.93. The molecule has 0 aliphatic carbocycles. The minimum Gasteiger partial charge on any atom is -0.481 e. The molecule has 1 saturated heterocycles. The Morgan fingerprint density at radius 2 is 1.96 bits per heavy atom. The van der Waals surface area contributed by atoms with E-state index in [0.717, 1.165) is 31.7 Å². The van der Waals surface area contributed by atoms with E-state index in [9.17, 15) is 18.8 Å². The van der Waals surface area contributed by atoms with E-state index in [0.29, 0.717) is 13.0 Å². The first-order valence-electron chi connectivity index (χ1n) is 8.03. The van der Waals surface area contributed by atoms with Crippen LogP contribution in [-0.4, -0.2) is 40.9 Å². The van der Waals surface area contributed by atoms with Crippen LogP contribution in [0.5, 0.6) is 0 Å². The monoisotopic (exact) mass is 336 g/mol. The Labute approximate surface area is 139 Å². The van der Waals surface area contributed by atoms with Crippen molar-refractivity contribution in [1.29, 1.82) is 0 Å². The standard InChI is InChI=1S/C17H21FN2O4/c18-14-10-13(7-6-12(14)9-17(23)24)19-15(21)11-20-8-4-2-1-3-5-16(20)22/h6-7,10H,1-5,8-9,11H2,(H,19,21)(H,23,24). The highest BCUT2D eigenvalue weighted by Crippen LogP contribution is 2.16. The van der Waals surface area contributed by atoms with Crippen LogP contribution in [0.25, 0.3) is 0 Å². The zero-order chi connectivity index (χ0) is 17.5. The fourth-order valence-corrected chi connectivity index (χ4v) is 2.69. The Hall–Kier alpha value is -2.44. The van der Waals surface area contributed by atoms with Gasteiger partial charge in [-0.2, -0.15) is 0 Å². The van der Waals surface area contributed by atoms with E-state index in [1.165, 1.54) is 17.0 Å². The zero-order valence-corrected chi connectivity index (χ0v) is 13.4. The van der Waals surface area contributed by atoms with Crippen molar-refractivity contribution in [2.75, 3.05) is 18.4 Å². The van der Waals surface area contributed by atoms with Crippen molar-refractivity contribution in [1.82, 2.24) is 4.90 Å². The first-order valence-corrected chi connectivity index (χ1v) is 8.03. The summed E-state index contributed by atoms with van der Waals surface area (Å²) < 4.78 is 13.8. The maximum absolute atomic E-state index is 13.8. The highest BCUT2D eigenvalue weighted by molar-refractivity contribution is 5.94. The molecule has 0 radical (unpaired) electrons. The molecule has 130 valence electrons. The number of carbonyl (C=O) groups is 3. The van der Waals surface area contributed by atoms with Gasteiger partial charge in [0.15, 0.2) is 0 Å². The molecule has 1 aliphatic heterocycles. The van der Waals surface area contributed by atoms with Gasteiger partial charge in [-0.25, -0.2) is 4.39 Å². The van der Waals surface area contributed by atoms with Gasteiger partial charge in [0.05, 0.1) is 13.0 Å². The molecule has 24 heavy (non-hydrogen) atoms. The Bertz CT molecular complexity index is 633. The van der Waals surface area contributed by atoms with Crippen molar-refractivity contribution >= 4 is 23.5 Å². The number of benzene rings is 1. The summed E-state index contributed by atoms with van der Waals surface area (Å²) in [5.41, 5.74) is 0.297. The summed E-state index contributed by atoms with van der Waals surface area (Å²) in [6.45, 7) is 0.496. The number of nitrogens with one attached hydrogen (secondary N) is 1. The Morgan fingerprint density at radius 1 is 1.21 bits per heavy atom. The van der Waals surface area contributed by atoms with Crippen LogP contribution >= 0.6 is 0 Å². The number of carboxylic acids is 1. The first kappa shape index (κ1) is 17.9. The molecule has 1 heterocycles. The summed E-state index contributed by atoms with van der Waals surface area (Å²) in [5.74, 6) is -2.24. The number of amides is 2. The summed E-state index contributed by atoms with van der Waals surface area (Å²) in [4.78, 5) is 36.2. The quantitative estimate of drug-likeness (QED) is 0.863. The van der Waals surface area contributed by atoms with Crippen molar-refractivity contribution in [2.45, 2.75) is 38.5 Å². The molecule has 6 nitrogen and oxygen atoms in total. The largest absolute Gasteiger partial charge is 0.481 e. The molecule has 1 aromatic carbocycles. The summed E-state index contributed by atoms with van der Waals surface area (Å²) in [7, 11) is 0. The van der Waals surface area contributed by atoms with E-state index in [2.05, 4.69) is 5.32 Å². The van der Waals surface area contributed by atoms with Crippen LogP contribution in [0.1, 0.15) is 37.7 Å². The molecule has 7 heteroatoms.